The molecule has 0 saturated heterocycles. The Morgan fingerprint density at radius 3 is 2.21 bits per heavy atom. The van der Waals surface area contributed by atoms with Gasteiger partial charge in [0.25, 0.3) is 0 Å². The highest BCUT2D eigenvalue weighted by Gasteiger charge is 2.38. The Morgan fingerprint density at radius 2 is 1.76 bits per heavy atom. The van der Waals surface area contributed by atoms with Gasteiger partial charge in [-0.1, -0.05) is 26.0 Å². The first-order valence-corrected chi connectivity index (χ1v) is 10.8. The molecule has 3 amide bonds. The van der Waals surface area contributed by atoms with E-state index in [2.05, 4.69) is 10.6 Å². The number of nitrogens with zero attached hydrogens (tertiary/aromatic N) is 2. The Hall–Kier alpha value is -3.28. The highest BCUT2D eigenvalue weighted by atomic mass is 16.6. The molecule has 9 heteroatoms. The molecule has 0 aromatic heterocycles. The number of alkyl carbamates (subject to hydrolysis) is 1. The average Bonchev–Trinajstić information content (AvgIpc) is 2.62. The minimum Gasteiger partial charge on any atom is -0.508 e. The van der Waals surface area contributed by atoms with Crippen LogP contribution in [0.2, 0.25) is 0 Å². The van der Waals surface area contributed by atoms with E-state index >= 15 is 0 Å². The summed E-state index contributed by atoms with van der Waals surface area (Å²) in [6.07, 6.45) is -0.778. The van der Waals surface area contributed by atoms with Gasteiger partial charge in [0.1, 0.15) is 30.0 Å². The topological polar surface area (TPSA) is 132 Å². The van der Waals surface area contributed by atoms with Crippen molar-refractivity contribution in [3.05, 3.63) is 29.8 Å². The zero-order valence-corrected chi connectivity index (χ0v) is 20.7. The molecule has 0 bridgehead atoms. The number of amides is 3. The van der Waals surface area contributed by atoms with E-state index < -0.39 is 47.7 Å². The maximum atomic E-state index is 13.6. The summed E-state index contributed by atoms with van der Waals surface area (Å²) in [6.45, 7) is 13.6. The van der Waals surface area contributed by atoms with Gasteiger partial charge < -0.3 is 25.4 Å². The van der Waals surface area contributed by atoms with Gasteiger partial charge in [-0.05, 0) is 65.2 Å². The highest BCUT2D eigenvalue weighted by molar-refractivity contribution is 5.92. The molecule has 9 nitrogen and oxygen atoms in total. The maximum absolute atomic E-state index is 13.6. The summed E-state index contributed by atoms with van der Waals surface area (Å²) in [5.74, 6) is -1.58. The SMILES string of the molecule is CC(C)C(NC(=O)OC(C)(C)C)C(=O)N(CC#N)C(C(=O)NC(C)(C)C)c1cccc(O)c1. The van der Waals surface area contributed by atoms with E-state index in [4.69, 9.17) is 4.74 Å². The summed E-state index contributed by atoms with van der Waals surface area (Å²) < 4.78 is 5.28. The number of carbonyl (C=O) groups excluding carboxylic acids is 3. The number of benzene rings is 1. The molecule has 0 aliphatic carbocycles. The van der Waals surface area contributed by atoms with E-state index in [1.807, 2.05) is 6.07 Å². The number of phenols is 1. The number of ether oxygens (including phenoxy) is 1. The number of rotatable bonds is 7. The van der Waals surface area contributed by atoms with Crippen LogP contribution in [-0.4, -0.2) is 51.6 Å². The van der Waals surface area contributed by atoms with E-state index in [0.717, 1.165) is 4.90 Å². The van der Waals surface area contributed by atoms with Gasteiger partial charge in [-0.3, -0.25) is 9.59 Å². The van der Waals surface area contributed by atoms with Crippen LogP contribution in [0.25, 0.3) is 0 Å². The minimum atomic E-state index is -1.20. The molecule has 33 heavy (non-hydrogen) atoms. The molecule has 0 heterocycles. The van der Waals surface area contributed by atoms with Gasteiger partial charge in [-0.2, -0.15) is 5.26 Å². The Kier molecular flexibility index (Phi) is 9.28. The van der Waals surface area contributed by atoms with Crippen LogP contribution in [0.3, 0.4) is 0 Å². The first-order chi connectivity index (χ1) is 15.1. The zero-order chi connectivity index (χ0) is 25.6. The van der Waals surface area contributed by atoms with Crippen LogP contribution in [0.15, 0.2) is 24.3 Å². The third kappa shape index (κ3) is 9.00. The molecule has 1 aromatic rings. The molecule has 0 aliphatic heterocycles. The van der Waals surface area contributed by atoms with E-state index in [9.17, 15) is 24.8 Å². The number of nitrogens with one attached hydrogen (secondary N) is 2. The lowest BCUT2D eigenvalue weighted by Crippen LogP contribution is -2.56. The normalized spacial score (nSPS) is 13.5. The first kappa shape index (κ1) is 27.8. The largest absolute Gasteiger partial charge is 0.508 e. The second-order valence-electron chi connectivity index (χ2n) is 10.2. The second kappa shape index (κ2) is 11.0. The van der Waals surface area contributed by atoms with Gasteiger partial charge in [-0.25, -0.2) is 4.79 Å². The number of hydrogen-bond donors (Lipinski definition) is 3. The molecule has 2 atom stereocenters. The Labute approximate surface area is 196 Å². The minimum absolute atomic E-state index is 0.0855. The van der Waals surface area contributed by atoms with Gasteiger partial charge in [0, 0.05) is 5.54 Å². The number of hydrogen-bond acceptors (Lipinski definition) is 6. The summed E-state index contributed by atoms with van der Waals surface area (Å²) in [5.41, 5.74) is -1.04. The first-order valence-electron chi connectivity index (χ1n) is 10.8. The molecule has 182 valence electrons. The molecule has 0 fully saturated rings. The molecule has 3 N–H and O–H groups in total. The van der Waals surface area contributed by atoms with Crippen LogP contribution < -0.4 is 10.6 Å². The number of phenolic OH excluding ortho intramolecular Hbond substituents is 1. The van der Waals surface area contributed by atoms with Gasteiger partial charge >= 0.3 is 6.09 Å². The Balaban J connectivity index is 3.45. The van der Waals surface area contributed by atoms with Crippen LogP contribution in [0.5, 0.6) is 5.75 Å². The number of nitriles is 1. The van der Waals surface area contributed by atoms with Crippen molar-refractivity contribution in [3.63, 3.8) is 0 Å². The average molecular weight is 461 g/mol. The molecular formula is C24H36N4O5. The number of aromatic hydroxyl groups is 1. The lowest BCUT2D eigenvalue weighted by atomic mass is 9.98. The summed E-state index contributed by atoms with van der Waals surface area (Å²) in [4.78, 5) is 40.4. The van der Waals surface area contributed by atoms with E-state index in [1.165, 1.54) is 12.1 Å². The van der Waals surface area contributed by atoms with Crippen molar-refractivity contribution in [1.82, 2.24) is 15.5 Å². The maximum Gasteiger partial charge on any atom is 0.408 e. The van der Waals surface area contributed by atoms with Crippen molar-refractivity contribution < 1.29 is 24.2 Å². The van der Waals surface area contributed by atoms with E-state index in [-0.39, 0.29) is 11.7 Å². The predicted octanol–water partition coefficient (Wildman–Crippen LogP) is 3.25. The predicted molar refractivity (Wildman–Crippen MR) is 124 cm³/mol. The molecular weight excluding hydrogens is 424 g/mol. The van der Waals surface area contributed by atoms with Crippen LogP contribution in [-0.2, 0) is 14.3 Å². The summed E-state index contributed by atoms with van der Waals surface area (Å²) >= 11 is 0. The molecule has 0 radical (unpaired) electrons. The number of carbonyl (C=O) groups is 3. The van der Waals surface area contributed by atoms with Gasteiger partial charge in [0.15, 0.2) is 0 Å². The van der Waals surface area contributed by atoms with Gasteiger partial charge in [0.05, 0.1) is 6.07 Å². The monoisotopic (exact) mass is 460 g/mol. The lowest BCUT2D eigenvalue weighted by molar-refractivity contribution is -0.143. The quantitative estimate of drug-likeness (QED) is 0.535. The third-order valence-corrected chi connectivity index (χ3v) is 4.37. The fourth-order valence-corrected chi connectivity index (χ4v) is 3.11. The summed E-state index contributed by atoms with van der Waals surface area (Å²) in [7, 11) is 0. The van der Waals surface area contributed by atoms with Crippen molar-refractivity contribution in [2.24, 2.45) is 5.92 Å². The van der Waals surface area contributed by atoms with Crippen molar-refractivity contribution >= 4 is 17.9 Å². The zero-order valence-electron chi connectivity index (χ0n) is 20.7. The summed E-state index contributed by atoms with van der Waals surface area (Å²) in [5, 5.41) is 24.9. The Morgan fingerprint density at radius 1 is 1.15 bits per heavy atom. The third-order valence-electron chi connectivity index (χ3n) is 4.37. The van der Waals surface area contributed by atoms with Crippen LogP contribution in [0.1, 0.15) is 67.0 Å². The van der Waals surface area contributed by atoms with Gasteiger partial charge in [-0.15, -0.1) is 0 Å². The van der Waals surface area contributed by atoms with Crippen LogP contribution >= 0.6 is 0 Å². The highest BCUT2D eigenvalue weighted by Crippen LogP contribution is 2.27. The van der Waals surface area contributed by atoms with Crippen molar-refractivity contribution in [1.29, 1.82) is 5.26 Å². The van der Waals surface area contributed by atoms with E-state index in [1.54, 1.807) is 67.5 Å². The van der Waals surface area contributed by atoms with Crippen LogP contribution in [0, 0.1) is 17.2 Å². The molecule has 2 unspecified atom stereocenters. The standard InChI is InChI=1S/C24H36N4O5/c1-15(2)18(26-22(32)33-24(6,7)8)21(31)28(13-12-25)19(20(30)27-23(3,4)5)16-10-9-11-17(29)14-16/h9-11,14-15,18-19,29H,13H2,1-8H3,(H,26,32)(H,27,30). The molecule has 0 spiro atoms. The molecule has 0 saturated carbocycles. The van der Waals surface area contributed by atoms with Crippen molar-refractivity contribution in [3.8, 4) is 11.8 Å². The Bertz CT molecular complexity index is 893. The molecule has 1 aromatic carbocycles. The lowest BCUT2D eigenvalue weighted by Gasteiger charge is -2.35. The van der Waals surface area contributed by atoms with Crippen LogP contribution in [0.4, 0.5) is 4.79 Å². The molecule has 0 aliphatic rings. The second-order valence-corrected chi connectivity index (χ2v) is 10.2. The molecule has 1 rings (SSSR count). The fraction of sp³-hybridized carbons (Fsp3) is 0.583. The fourth-order valence-electron chi connectivity index (χ4n) is 3.11. The van der Waals surface area contributed by atoms with Crippen molar-refractivity contribution in [2.75, 3.05) is 6.54 Å². The van der Waals surface area contributed by atoms with Gasteiger partial charge in [0.2, 0.25) is 11.8 Å². The van der Waals surface area contributed by atoms with E-state index in [0.29, 0.717) is 5.56 Å². The van der Waals surface area contributed by atoms with Crippen molar-refractivity contribution in [2.45, 2.75) is 78.6 Å². The smallest absolute Gasteiger partial charge is 0.408 e. The summed E-state index contributed by atoms with van der Waals surface area (Å²) in [6, 6.07) is 5.65.